The van der Waals surface area contributed by atoms with Gasteiger partial charge in [0.15, 0.2) is 0 Å². The summed E-state index contributed by atoms with van der Waals surface area (Å²) in [5.74, 6) is 0.644. The lowest BCUT2D eigenvalue weighted by Gasteiger charge is -2.38. The van der Waals surface area contributed by atoms with Gasteiger partial charge in [-0.3, -0.25) is 0 Å². The second-order valence-electron chi connectivity index (χ2n) is 4.87. The predicted octanol–water partition coefficient (Wildman–Crippen LogP) is 2.34. The van der Waals surface area contributed by atoms with Crippen LogP contribution in [-0.2, 0) is 6.42 Å². The number of nitrogens with zero attached hydrogens (tertiary/aromatic N) is 1. The standard InChI is InChI=1S/C14H16N2/c15-9-10-3-4-11-5-6-14-12(13(11)8-10)2-1-7-16-14/h3-4,8,12,14,16H,1-2,5-7H2/t12-,14-/m0/s1. The third kappa shape index (κ3) is 1.52. The van der Waals surface area contributed by atoms with E-state index in [1.54, 1.807) is 0 Å². The molecular formula is C14H16N2. The van der Waals surface area contributed by atoms with Crippen molar-refractivity contribution in [3.05, 3.63) is 34.9 Å². The minimum absolute atomic E-state index is 0.644. The van der Waals surface area contributed by atoms with E-state index in [1.807, 2.05) is 6.07 Å². The Labute approximate surface area is 96.3 Å². The number of piperidine rings is 1. The maximum atomic E-state index is 8.97. The fraction of sp³-hybridized carbons (Fsp3) is 0.500. The molecule has 1 aliphatic heterocycles. The van der Waals surface area contributed by atoms with Crippen molar-refractivity contribution in [3.63, 3.8) is 0 Å². The second kappa shape index (κ2) is 3.92. The van der Waals surface area contributed by atoms with Gasteiger partial charge in [-0.15, -0.1) is 0 Å². The zero-order valence-electron chi connectivity index (χ0n) is 9.37. The lowest BCUT2D eigenvalue weighted by Crippen LogP contribution is -2.42. The zero-order chi connectivity index (χ0) is 11.0. The van der Waals surface area contributed by atoms with Gasteiger partial charge >= 0.3 is 0 Å². The van der Waals surface area contributed by atoms with Crippen molar-refractivity contribution < 1.29 is 0 Å². The minimum Gasteiger partial charge on any atom is -0.313 e. The number of rotatable bonds is 0. The maximum Gasteiger partial charge on any atom is 0.0991 e. The normalized spacial score (nSPS) is 27.7. The van der Waals surface area contributed by atoms with E-state index in [4.69, 9.17) is 5.26 Å². The fourth-order valence-electron chi connectivity index (χ4n) is 3.18. The molecule has 0 radical (unpaired) electrons. The first-order valence-electron chi connectivity index (χ1n) is 6.15. The van der Waals surface area contributed by atoms with Crippen LogP contribution in [0.2, 0.25) is 0 Å². The quantitative estimate of drug-likeness (QED) is 0.716. The van der Waals surface area contributed by atoms with Crippen molar-refractivity contribution in [1.29, 1.82) is 5.26 Å². The van der Waals surface area contributed by atoms with Crippen LogP contribution < -0.4 is 5.32 Å². The summed E-state index contributed by atoms with van der Waals surface area (Å²) >= 11 is 0. The molecule has 82 valence electrons. The molecular weight excluding hydrogens is 196 g/mol. The second-order valence-corrected chi connectivity index (χ2v) is 4.87. The van der Waals surface area contributed by atoms with Crippen molar-refractivity contribution in [2.45, 2.75) is 37.6 Å². The first-order valence-corrected chi connectivity index (χ1v) is 6.15. The molecule has 2 heteroatoms. The predicted molar refractivity (Wildman–Crippen MR) is 63.2 cm³/mol. The number of nitriles is 1. The Bertz CT molecular complexity index is 445. The average Bonchev–Trinajstić information content (AvgIpc) is 2.38. The van der Waals surface area contributed by atoms with Crippen LogP contribution in [0.5, 0.6) is 0 Å². The highest BCUT2D eigenvalue weighted by Crippen LogP contribution is 2.37. The molecule has 1 N–H and O–H groups in total. The van der Waals surface area contributed by atoms with Crippen molar-refractivity contribution in [3.8, 4) is 6.07 Å². The Morgan fingerprint density at radius 1 is 1.31 bits per heavy atom. The molecule has 0 saturated carbocycles. The Morgan fingerprint density at radius 2 is 2.25 bits per heavy atom. The number of benzene rings is 1. The highest BCUT2D eigenvalue weighted by atomic mass is 14.9. The summed E-state index contributed by atoms with van der Waals surface area (Å²) in [6, 6.07) is 9.12. The van der Waals surface area contributed by atoms with Gasteiger partial charge in [0.05, 0.1) is 11.6 Å². The number of nitrogens with one attached hydrogen (secondary N) is 1. The van der Waals surface area contributed by atoms with Gasteiger partial charge in [-0.05, 0) is 61.4 Å². The van der Waals surface area contributed by atoms with Crippen LogP contribution in [0.3, 0.4) is 0 Å². The van der Waals surface area contributed by atoms with E-state index in [1.165, 1.54) is 30.4 Å². The Balaban J connectivity index is 2.02. The summed E-state index contributed by atoms with van der Waals surface area (Å²) in [7, 11) is 0. The summed E-state index contributed by atoms with van der Waals surface area (Å²) in [5.41, 5.74) is 3.71. The lowest BCUT2D eigenvalue weighted by atomic mass is 9.75. The molecule has 2 aliphatic rings. The van der Waals surface area contributed by atoms with Gasteiger partial charge < -0.3 is 5.32 Å². The van der Waals surface area contributed by atoms with Crippen LogP contribution in [0.25, 0.3) is 0 Å². The Morgan fingerprint density at radius 3 is 3.12 bits per heavy atom. The molecule has 0 unspecified atom stereocenters. The minimum atomic E-state index is 0.644. The number of fused-ring (bicyclic) bond motifs is 3. The monoisotopic (exact) mass is 212 g/mol. The molecule has 0 aromatic heterocycles. The number of hydrogen-bond acceptors (Lipinski definition) is 2. The van der Waals surface area contributed by atoms with Gasteiger partial charge in [-0.1, -0.05) is 6.07 Å². The maximum absolute atomic E-state index is 8.97. The molecule has 0 spiro atoms. The highest BCUT2D eigenvalue weighted by molar-refractivity contribution is 5.42. The van der Waals surface area contributed by atoms with Gasteiger partial charge in [-0.25, -0.2) is 0 Å². The van der Waals surface area contributed by atoms with E-state index < -0.39 is 0 Å². The van der Waals surface area contributed by atoms with Crippen LogP contribution in [0.15, 0.2) is 18.2 Å². The van der Waals surface area contributed by atoms with Gasteiger partial charge in [-0.2, -0.15) is 5.26 Å². The van der Waals surface area contributed by atoms with E-state index in [-0.39, 0.29) is 0 Å². The number of aryl methyl sites for hydroxylation is 1. The third-order valence-electron chi connectivity index (χ3n) is 3.98. The summed E-state index contributed by atoms with van der Waals surface area (Å²) in [4.78, 5) is 0. The molecule has 1 fully saturated rings. The Hall–Kier alpha value is -1.33. The largest absolute Gasteiger partial charge is 0.313 e. The molecule has 1 saturated heterocycles. The van der Waals surface area contributed by atoms with Crippen molar-refractivity contribution >= 4 is 0 Å². The number of hydrogen-bond donors (Lipinski definition) is 1. The molecule has 1 heterocycles. The van der Waals surface area contributed by atoms with Crippen LogP contribution in [0.4, 0.5) is 0 Å². The smallest absolute Gasteiger partial charge is 0.0991 e. The van der Waals surface area contributed by atoms with Gasteiger partial charge in [0.2, 0.25) is 0 Å². The molecule has 3 rings (SSSR count). The van der Waals surface area contributed by atoms with E-state index in [2.05, 4.69) is 23.5 Å². The molecule has 1 aromatic carbocycles. The summed E-state index contributed by atoms with van der Waals surface area (Å²) in [5, 5.41) is 12.6. The van der Waals surface area contributed by atoms with E-state index in [0.717, 1.165) is 18.5 Å². The molecule has 0 bridgehead atoms. The molecule has 1 aliphatic carbocycles. The fourth-order valence-corrected chi connectivity index (χ4v) is 3.18. The van der Waals surface area contributed by atoms with E-state index in [9.17, 15) is 0 Å². The SMILES string of the molecule is N#Cc1ccc2c(c1)[C@@H]1CCCN[C@H]1CC2. The van der Waals surface area contributed by atoms with Crippen molar-refractivity contribution in [2.24, 2.45) is 0 Å². The van der Waals surface area contributed by atoms with E-state index in [0.29, 0.717) is 12.0 Å². The van der Waals surface area contributed by atoms with Crippen LogP contribution in [-0.4, -0.2) is 12.6 Å². The highest BCUT2D eigenvalue weighted by Gasteiger charge is 2.31. The van der Waals surface area contributed by atoms with Crippen LogP contribution in [0.1, 0.15) is 41.9 Å². The van der Waals surface area contributed by atoms with Crippen molar-refractivity contribution in [1.82, 2.24) is 5.32 Å². The first kappa shape index (κ1) is 9.86. The molecule has 0 amide bonds. The topological polar surface area (TPSA) is 35.8 Å². The van der Waals surface area contributed by atoms with E-state index >= 15 is 0 Å². The summed E-state index contributed by atoms with van der Waals surface area (Å²) < 4.78 is 0. The molecule has 1 aromatic rings. The summed E-state index contributed by atoms with van der Waals surface area (Å²) in [6.07, 6.45) is 4.95. The average molecular weight is 212 g/mol. The Kier molecular flexibility index (Phi) is 2.41. The van der Waals surface area contributed by atoms with Gasteiger partial charge in [0, 0.05) is 6.04 Å². The molecule has 16 heavy (non-hydrogen) atoms. The van der Waals surface area contributed by atoms with Crippen molar-refractivity contribution in [2.75, 3.05) is 6.54 Å². The van der Waals surface area contributed by atoms with Crippen LogP contribution in [0, 0.1) is 11.3 Å². The molecule has 2 nitrogen and oxygen atoms in total. The lowest BCUT2D eigenvalue weighted by molar-refractivity contribution is 0.319. The van der Waals surface area contributed by atoms with Gasteiger partial charge in [0.25, 0.3) is 0 Å². The molecule has 2 atom stereocenters. The zero-order valence-corrected chi connectivity index (χ0v) is 9.37. The first-order chi connectivity index (χ1) is 7.88. The third-order valence-corrected chi connectivity index (χ3v) is 3.98. The summed E-state index contributed by atoms with van der Waals surface area (Å²) in [6.45, 7) is 1.16. The van der Waals surface area contributed by atoms with Crippen LogP contribution >= 0.6 is 0 Å². The van der Waals surface area contributed by atoms with Gasteiger partial charge in [0.1, 0.15) is 0 Å².